The van der Waals surface area contributed by atoms with E-state index >= 15 is 0 Å². The van der Waals surface area contributed by atoms with Gasteiger partial charge < -0.3 is 19.3 Å². The molecule has 116 valence electrons. The van der Waals surface area contributed by atoms with Crippen LogP contribution in [0.25, 0.3) is 0 Å². The van der Waals surface area contributed by atoms with Crippen LogP contribution < -0.4 is 9.80 Å². The van der Waals surface area contributed by atoms with Crippen LogP contribution in [0.1, 0.15) is 12.8 Å². The number of likely N-dealkylation sites (N-methyl/N-ethyl adjacent to an activating group) is 1. The number of morpholine rings is 1. The fraction of sp³-hybridized carbons (Fsp3) is 0.769. The van der Waals surface area contributed by atoms with Crippen LogP contribution in [0.4, 0.5) is 11.9 Å². The molecule has 0 N–H and O–H groups in total. The predicted octanol–water partition coefficient (Wildman–Crippen LogP) is 0.977. The summed E-state index contributed by atoms with van der Waals surface area (Å²) in [7, 11) is 1.95. The topological polar surface area (TPSA) is 63.6 Å². The molecule has 1 atom stereocenters. The van der Waals surface area contributed by atoms with Gasteiger partial charge in [0.15, 0.2) is 0 Å². The lowest BCUT2D eigenvalue weighted by atomic mass is 10.2. The van der Waals surface area contributed by atoms with Gasteiger partial charge >= 0.3 is 0 Å². The molecule has 2 saturated heterocycles. The Bertz CT molecular complexity index is 478. The van der Waals surface area contributed by atoms with Crippen LogP contribution >= 0.6 is 11.6 Å². The Balaban J connectivity index is 1.73. The molecule has 3 rings (SSSR count). The lowest BCUT2D eigenvalue weighted by Gasteiger charge is -2.28. The minimum atomic E-state index is 0.223. The van der Waals surface area contributed by atoms with Crippen LogP contribution in [0, 0.1) is 0 Å². The van der Waals surface area contributed by atoms with Gasteiger partial charge in [-0.15, -0.1) is 0 Å². The summed E-state index contributed by atoms with van der Waals surface area (Å²) in [5.74, 6) is 1.21. The average Bonchev–Trinajstić information content (AvgIpc) is 3.00. The number of rotatable bonds is 4. The first-order valence-electron chi connectivity index (χ1n) is 7.29. The third-order valence-electron chi connectivity index (χ3n) is 3.72. The van der Waals surface area contributed by atoms with E-state index in [-0.39, 0.29) is 11.4 Å². The molecule has 3 heterocycles. The number of halogens is 1. The third kappa shape index (κ3) is 3.72. The lowest BCUT2D eigenvalue weighted by molar-refractivity contribution is 0.116. The number of anilines is 2. The molecular weight excluding hydrogens is 294 g/mol. The molecule has 0 aromatic carbocycles. The van der Waals surface area contributed by atoms with E-state index in [1.807, 2.05) is 11.9 Å². The Kier molecular flexibility index (Phi) is 4.72. The molecule has 21 heavy (non-hydrogen) atoms. The first kappa shape index (κ1) is 14.7. The van der Waals surface area contributed by atoms with Crippen LogP contribution in [0.3, 0.4) is 0 Å². The molecule has 1 aromatic rings. The van der Waals surface area contributed by atoms with Crippen molar-refractivity contribution in [3.05, 3.63) is 5.28 Å². The Morgan fingerprint density at radius 3 is 2.76 bits per heavy atom. The quantitative estimate of drug-likeness (QED) is 0.821. The molecule has 2 aliphatic rings. The summed E-state index contributed by atoms with van der Waals surface area (Å²) in [5.41, 5.74) is 0. The standard InChI is InChI=1S/C13H20ClN5O2/c1-18(9-10-3-2-6-21-10)12-15-11(14)16-13(17-12)19-4-7-20-8-5-19/h10H,2-9H2,1H3. The number of aromatic nitrogens is 3. The molecule has 7 nitrogen and oxygen atoms in total. The molecule has 1 aromatic heterocycles. The van der Waals surface area contributed by atoms with Crippen molar-refractivity contribution in [1.82, 2.24) is 15.0 Å². The van der Waals surface area contributed by atoms with Crippen LogP contribution in [0.2, 0.25) is 5.28 Å². The maximum atomic E-state index is 6.05. The van der Waals surface area contributed by atoms with Gasteiger partial charge in [-0.1, -0.05) is 0 Å². The molecule has 1 unspecified atom stereocenters. The number of nitrogens with zero attached hydrogens (tertiary/aromatic N) is 5. The van der Waals surface area contributed by atoms with E-state index < -0.39 is 0 Å². The maximum Gasteiger partial charge on any atom is 0.231 e. The molecule has 0 bridgehead atoms. The first-order valence-corrected chi connectivity index (χ1v) is 7.67. The largest absolute Gasteiger partial charge is 0.378 e. The van der Waals surface area contributed by atoms with Crippen molar-refractivity contribution < 1.29 is 9.47 Å². The van der Waals surface area contributed by atoms with E-state index in [9.17, 15) is 0 Å². The van der Waals surface area contributed by atoms with Crippen molar-refractivity contribution in [3.63, 3.8) is 0 Å². The Morgan fingerprint density at radius 2 is 2.05 bits per heavy atom. The second kappa shape index (κ2) is 6.72. The highest BCUT2D eigenvalue weighted by Crippen LogP contribution is 2.19. The second-order valence-corrected chi connectivity index (χ2v) is 5.66. The van der Waals surface area contributed by atoms with Gasteiger partial charge in [0, 0.05) is 33.3 Å². The van der Waals surface area contributed by atoms with Crippen LogP contribution in [0.15, 0.2) is 0 Å². The van der Waals surface area contributed by atoms with E-state index in [1.165, 1.54) is 0 Å². The SMILES string of the molecule is CN(CC1CCCO1)c1nc(Cl)nc(N2CCOCC2)n1. The summed E-state index contributed by atoms with van der Waals surface area (Å²) in [6, 6.07) is 0. The van der Waals surface area contributed by atoms with E-state index in [4.69, 9.17) is 21.1 Å². The van der Waals surface area contributed by atoms with Crippen molar-refractivity contribution in [3.8, 4) is 0 Å². The zero-order valence-electron chi connectivity index (χ0n) is 12.2. The molecule has 0 radical (unpaired) electrons. The zero-order valence-corrected chi connectivity index (χ0v) is 12.9. The maximum absolute atomic E-state index is 6.05. The highest BCUT2D eigenvalue weighted by Gasteiger charge is 2.21. The number of ether oxygens (including phenoxy) is 2. The van der Waals surface area contributed by atoms with E-state index in [1.54, 1.807) is 0 Å². The second-order valence-electron chi connectivity index (χ2n) is 5.32. The number of hydrogen-bond acceptors (Lipinski definition) is 7. The monoisotopic (exact) mass is 313 g/mol. The van der Waals surface area contributed by atoms with E-state index in [0.717, 1.165) is 39.1 Å². The Morgan fingerprint density at radius 1 is 1.24 bits per heavy atom. The summed E-state index contributed by atoms with van der Waals surface area (Å²) in [6.07, 6.45) is 2.45. The fourth-order valence-electron chi connectivity index (χ4n) is 2.58. The minimum absolute atomic E-state index is 0.223. The van der Waals surface area contributed by atoms with Gasteiger partial charge in [-0.2, -0.15) is 15.0 Å². The first-order chi connectivity index (χ1) is 10.2. The van der Waals surface area contributed by atoms with Crippen LogP contribution in [-0.4, -0.2) is 67.6 Å². The van der Waals surface area contributed by atoms with Crippen molar-refractivity contribution in [1.29, 1.82) is 0 Å². The molecule has 0 spiro atoms. The van der Waals surface area contributed by atoms with Gasteiger partial charge in [0.2, 0.25) is 17.2 Å². The highest BCUT2D eigenvalue weighted by atomic mass is 35.5. The third-order valence-corrected chi connectivity index (χ3v) is 3.89. The molecule has 2 aliphatic heterocycles. The summed E-state index contributed by atoms with van der Waals surface area (Å²) < 4.78 is 11.0. The fourth-order valence-corrected chi connectivity index (χ4v) is 2.73. The molecule has 2 fully saturated rings. The van der Waals surface area contributed by atoms with Crippen molar-refractivity contribution in [2.45, 2.75) is 18.9 Å². The Labute approximate surface area is 129 Å². The van der Waals surface area contributed by atoms with Crippen molar-refractivity contribution in [2.75, 3.05) is 56.3 Å². The van der Waals surface area contributed by atoms with Gasteiger partial charge in [0.05, 0.1) is 19.3 Å². The summed E-state index contributed by atoms with van der Waals surface area (Å²) >= 11 is 6.05. The lowest BCUT2D eigenvalue weighted by Crippen LogP contribution is -2.38. The highest BCUT2D eigenvalue weighted by molar-refractivity contribution is 6.28. The zero-order chi connectivity index (χ0) is 14.7. The number of hydrogen-bond donors (Lipinski definition) is 0. The molecular formula is C13H20ClN5O2. The predicted molar refractivity (Wildman–Crippen MR) is 80.1 cm³/mol. The summed E-state index contributed by atoms with van der Waals surface area (Å²) in [4.78, 5) is 17.0. The summed E-state index contributed by atoms with van der Waals surface area (Å²) in [6.45, 7) is 4.53. The van der Waals surface area contributed by atoms with Crippen LogP contribution in [0.5, 0.6) is 0 Å². The molecule has 0 amide bonds. The molecule has 0 saturated carbocycles. The van der Waals surface area contributed by atoms with E-state index in [0.29, 0.717) is 25.1 Å². The average molecular weight is 314 g/mol. The van der Waals surface area contributed by atoms with Crippen LogP contribution in [-0.2, 0) is 9.47 Å². The van der Waals surface area contributed by atoms with Gasteiger partial charge in [-0.3, -0.25) is 0 Å². The summed E-state index contributed by atoms with van der Waals surface area (Å²) in [5, 5.41) is 0.223. The van der Waals surface area contributed by atoms with Gasteiger partial charge in [-0.05, 0) is 24.4 Å². The van der Waals surface area contributed by atoms with Crippen molar-refractivity contribution >= 4 is 23.5 Å². The van der Waals surface area contributed by atoms with Gasteiger partial charge in [-0.25, -0.2) is 0 Å². The normalized spacial score (nSPS) is 22.6. The Hall–Kier alpha value is -1.18. The molecule has 8 heteroatoms. The van der Waals surface area contributed by atoms with Gasteiger partial charge in [0.1, 0.15) is 0 Å². The van der Waals surface area contributed by atoms with Crippen molar-refractivity contribution in [2.24, 2.45) is 0 Å². The van der Waals surface area contributed by atoms with Gasteiger partial charge in [0.25, 0.3) is 0 Å². The smallest absolute Gasteiger partial charge is 0.231 e. The minimum Gasteiger partial charge on any atom is -0.378 e. The molecule has 0 aliphatic carbocycles. The van der Waals surface area contributed by atoms with E-state index in [2.05, 4.69) is 19.9 Å².